The smallest absolute Gasteiger partial charge is 0.232 e. The molecule has 0 unspecified atom stereocenters. The zero-order valence-corrected chi connectivity index (χ0v) is 9.11. The van der Waals surface area contributed by atoms with E-state index in [4.69, 9.17) is 4.42 Å². The molecule has 1 aliphatic carbocycles. The third kappa shape index (κ3) is 1.38. The van der Waals surface area contributed by atoms with Crippen LogP contribution in [0.3, 0.4) is 0 Å². The minimum atomic E-state index is -0.517. The van der Waals surface area contributed by atoms with Crippen molar-refractivity contribution in [3.63, 3.8) is 0 Å². The molecule has 1 aliphatic heterocycles. The quantitative estimate of drug-likeness (QED) is 0.471. The number of fused-ring (bicyclic) bond motifs is 2. The predicted octanol–water partition coefficient (Wildman–Crippen LogP) is 1.89. The van der Waals surface area contributed by atoms with E-state index in [1.165, 1.54) is 6.07 Å². The van der Waals surface area contributed by atoms with Crippen molar-refractivity contribution in [2.45, 2.75) is 6.92 Å². The van der Waals surface area contributed by atoms with Gasteiger partial charge in [0.05, 0.1) is 11.2 Å². The zero-order chi connectivity index (χ0) is 12.0. The van der Waals surface area contributed by atoms with E-state index < -0.39 is 10.9 Å². The standard InChI is InChI=1S/C13H9NO3/c1-7-12(16)10(15)6-9-13(7)17-11-5-3-2-4-8(11)14-9/h2-6,14H,1H3. The number of aromatic amines is 1. The van der Waals surface area contributed by atoms with E-state index in [9.17, 15) is 9.59 Å². The molecule has 0 saturated carbocycles. The Morgan fingerprint density at radius 3 is 2.76 bits per heavy atom. The molecule has 0 spiro atoms. The number of hydrogen-bond donors (Lipinski definition) is 1. The lowest BCUT2D eigenvalue weighted by Gasteiger charge is -2.08. The van der Waals surface area contributed by atoms with E-state index in [0.29, 0.717) is 22.6 Å². The van der Waals surface area contributed by atoms with Gasteiger partial charge in [-0.3, -0.25) is 9.59 Å². The summed E-state index contributed by atoms with van der Waals surface area (Å²) in [7, 11) is 0. The maximum atomic E-state index is 11.5. The molecular formula is C13H9NO3. The molecule has 1 N–H and O–H groups in total. The fourth-order valence-electron chi connectivity index (χ4n) is 1.89. The second kappa shape index (κ2) is 3.31. The highest BCUT2D eigenvalue weighted by Crippen LogP contribution is 2.24. The van der Waals surface area contributed by atoms with E-state index in [2.05, 4.69) is 4.98 Å². The maximum absolute atomic E-state index is 11.5. The van der Waals surface area contributed by atoms with Gasteiger partial charge in [0.15, 0.2) is 11.3 Å². The summed E-state index contributed by atoms with van der Waals surface area (Å²) in [5, 5.41) is 0. The molecule has 4 heteroatoms. The molecule has 84 valence electrons. The van der Waals surface area contributed by atoms with Gasteiger partial charge in [-0.15, -0.1) is 0 Å². The van der Waals surface area contributed by atoms with Gasteiger partial charge in [0.25, 0.3) is 0 Å². The topological polar surface area (TPSA) is 63.1 Å². The molecule has 1 aromatic carbocycles. The molecule has 0 atom stereocenters. The summed E-state index contributed by atoms with van der Waals surface area (Å²) < 4.78 is 5.64. The summed E-state index contributed by atoms with van der Waals surface area (Å²) >= 11 is 0. The first-order valence-corrected chi connectivity index (χ1v) is 5.22. The van der Waals surface area contributed by atoms with Crippen LogP contribution < -0.4 is 10.9 Å². The van der Waals surface area contributed by atoms with Crippen LogP contribution in [-0.2, 0) is 0 Å². The van der Waals surface area contributed by atoms with E-state index in [1.54, 1.807) is 13.0 Å². The van der Waals surface area contributed by atoms with E-state index in [1.807, 2.05) is 18.2 Å². The first-order valence-electron chi connectivity index (χ1n) is 5.22. The summed E-state index contributed by atoms with van der Waals surface area (Å²) in [5.41, 5.74) is 1.31. The third-order valence-electron chi connectivity index (χ3n) is 2.79. The van der Waals surface area contributed by atoms with E-state index in [-0.39, 0.29) is 0 Å². The van der Waals surface area contributed by atoms with Gasteiger partial charge in [0, 0.05) is 11.6 Å². The minimum absolute atomic E-state index is 0.342. The Morgan fingerprint density at radius 1 is 1.18 bits per heavy atom. The van der Waals surface area contributed by atoms with Gasteiger partial charge < -0.3 is 9.40 Å². The Labute approximate surface area is 95.9 Å². The van der Waals surface area contributed by atoms with Crippen molar-refractivity contribution in [1.29, 1.82) is 0 Å². The highest BCUT2D eigenvalue weighted by molar-refractivity contribution is 5.76. The Hall–Kier alpha value is -2.36. The van der Waals surface area contributed by atoms with Crippen molar-refractivity contribution >= 4 is 11.1 Å². The Kier molecular flexibility index (Phi) is 1.92. The average Bonchev–Trinajstić information content (AvgIpc) is 2.34. The van der Waals surface area contributed by atoms with Crippen molar-refractivity contribution in [2.24, 2.45) is 0 Å². The largest absolute Gasteiger partial charge is 0.453 e. The van der Waals surface area contributed by atoms with Crippen LogP contribution in [-0.4, -0.2) is 4.98 Å². The van der Waals surface area contributed by atoms with Crippen LogP contribution in [0.1, 0.15) is 5.56 Å². The summed E-state index contributed by atoms with van der Waals surface area (Å²) in [6.07, 6.45) is 0. The van der Waals surface area contributed by atoms with E-state index in [0.717, 1.165) is 5.52 Å². The molecular weight excluding hydrogens is 218 g/mol. The molecule has 0 bridgehead atoms. The number of hydrogen-bond acceptors (Lipinski definition) is 3. The fraction of sp³-hybridized carbons (Fsp3) is 0.0769. The van der Waals surface area contributed by atoms with Crippen LogP contribution in [0, 0.1) is 6.92 Å². The van der Waals surface area contributed by atoms with Crippen LogP contribution >= 0.6 is 0 Å². The van der Waals surface area contributed by atoms with Gasteiger partial charge in [-0.25, -0.2) is 0 Å². The monoisotopic (exact) mass is 227 g/mol. The van der Waals surface area contributed by atoms with Crippen molar-refractivity contribution in [1.82, 2.24) is 4.98 Å². The molecule has 3 rings (SSSR count). The van der Waals surface area contributed by atoms with Crippen molar-refractivity contribution < 1.29 is 4.42 Å². The van der Waals surface area contributed by atoms with Crippen LogP contribution in [0.15, 0.2) is 44.3 Å². The molecule has 0 saturated heterocycles. The van der Waals surface area contributed by atoms with Crippen LogP contribution in [0.5, 0.6) is 0 Å². The molecule has 17 heavy (non-hydrogen) atoms. The van der Waals surface area contributed by atoms with Gasteiger partial charge in [-0.1, -0.05) is 12.1 Å². The lowest BCUT2D eigenvalue weighted by Crippen LogP contribution is -2.26. The lowest BCUT2D eigenvalue weighted by molar-refractivity contribution is 0.607. The fourth-order valence-corrected chi connectivity index (χ4v) is 1.89. The first kappa shape index (κ1) is 9.84. The van der Waals surface area contributed by atoms with Gasteiger partial charge in [0.1, 0.15) is 0 Å². The minimum Gasteiger partial charge on any atom is -0.453 e. The van der Waals surface area contributed by atoms with Gasteiger partial charge in [-0.2, -0.15) is 0 Å². The van der Waals surface area contributed by atoms with Crippen LogP contribution in [0.4, 0.5) is 0 Å². The molecule has 2 aliphatic rings. The van der Waals surface area contributed by atoms with E-state index >= 15 is 0 Å². The molecule has 0 aromatic heterocycles. The third-order valence-corrected chi connectivity index (χ3v) is 2.79. The zero-order valence-electron chi connectivity index (χ0n) is 9.11. The molecule has 0 fully saturated rings. The number of rotatable bonds is 0. The summed E-state index contributed by atoms with van der Waals surface area (Å²) in [6.45, 7) is 1.60. The second-order valence-corrected chi connectivity index (χ2v) is 3.93. The number of benzene rings is 2. The molecule has 0 amide bonds. The summed E-state index contributed by atoms with van der Waals surface area (Å²) in [6, 6.07) is 8.65. The molecule has 1 aromatic rings. The van der Waals surface area contributed by atoms with Gasteiger partial charge in [-0.05, 0) is 19.1 Å². The number of para-hydroxylation sites is 2. The summed E-state index contributed by atoms with van der Waals surface area (Å²) in [5.74, 6) is 0.438. The Bertz CT molecular complexity index is 798. The van der Waals surface area contributed by atoms with Crippen LogP contribution in [0.25, 0.3) is 22.6 Å². The van der Waals surface area contributed by atoms with Crippen LogP contribution in [0.2, 0.25) is 0 Å². The highest BCUT2D eigenvalue weighted by Gasteiger charge is 2.15. The average molecular weight is 227 g/mol. The summed E-state index contributed by atoms with van der Waals surface area (Å²) in [4.78, 5) is 26.0. The van der Waals surface area contributed by atoms with Crippen molar-refractivity contribution in [2.75, 3.05) is 0 Å². The highest BCUT2D eigenvalue weighted by atomic mass is 16.3. The second-order valence-electron chi connectivity index (χ2n) is 3.93. The SMILES string of the molecule is Cc1c2oc3ccccc3[nH]c-2cc(=O)c1=O. The van der Waals surface area contributed by atoms with Crippen molar-refractivity contribution in [3.8, 4) is 11.5 Å². The molecule has 0 radical (unpaired) electrons. The van der Waals surface area contributed by atoms with Gasteiger partial charge in [0.2, 0.25) is 10.9 Å². The normalized spacial score (nSPS) is 11.1. The molecule has 1 heterocycles. The number of H-pyrrole nitrogens is 1. The Balaban J connectivity index is 2.58. The number of nitrogens with one attached hydrogen (secondary N) is 1. The van der Waals surface area contributed by atoms with Gasteiger partial charge >= 0.3 is 0 Å². The first-order chi connectivity index (χ1) is 8.16. The molecule has 4 nitrogen and oxygen atoms in total. The lowest BCUT2D eigenvalue weighted by atomic mass is 10.1. The predicted molar refractivity (Wildman–Crippen MR) is 64.5 cm³/mol. The maximum Gasteiger partial charge on any atom is 0.232 e. The van der Waals surface area contributed by atoms with Crippen molar-refractivity contribution in [3.05, 3.63) is 56.3 Å². The Morgan fingerprint density at radius 2 is 1.94 bits per heavy atom. The number of aromatic nitrogens is 1.